The number of hydrogen-bond donors (Lipinski definition) is 3. The van der Waals surface area contributed by atoms with Crippen molar-refractivity contribution in [1.29, 1.82) is 0 Å². The number of benzene rings is 1. The van der Waals surface area contributed by atoms with Crippen molar-refractivity contribution in [1.82, 2.24) is 5.32 Å². The second kappa shape index (κ2) is 8.40. The van der Waals surface area contributed by atoms with Crippen molar-refractivity contribution in [2.75, 3.05) is 6.54 Å². The fraction of sp³-hybridized carbons (Fsp3) is 0.533. The molecule has 0 saturated heterocycles. The van der Waals surface area contributed by atoms with Crippen molar-refractivity contribution in [3.8, 4) is 11.5 Å². The summed E-state index contributed by atoms with van der Waals surface area (Å²) in [7, 11) is 0. The molecule has 106 valence electrons. The van der Waals surface area contributed by atoms with Crippen molar-refractivity contribution in [3.63, 3.8) is 0 Å². The van der Waals surface area contributed by atoms with Crippen molar-refractivity contribution in [2.24, 2.45) is 0 Å². The summed E-state index contributed by atoms with van der Waals surface area (Å²) in [6.07, 6.45) is 6.98. The molecule has 0 bridgehead atoms. The van der Waals surface area contributed by atoms with Crippen LogP contribution in [0.5, 0.6) is 11.5 Å². The predicted molar refractivity (Wildman–Crippen MR) is 75.5 cm³/mol. The van der Waals surface area contributed by atoms with Gasteiger partial charge in [-0.25, -0.2) is 0 Å². The van der Waals surface area contributed by atoms with E-state index in [1.165, 1.54) is 43.9 Å². The van der Waals surface area contributed by atoms with Crippen LogP contribution in [0.15, 0.2) is 18.2 Å². The van der Waals surface area contributed by atoms with Gasteiger partial charge < -0.3 is 15.5 Å². The van der Waals surface area contributed by atoms with E-state index in [2.05, 4.69) is 12.2 Å². The summed E-state index contributed by atoms with van der Waals surface area (Å²) in [4.78, 5) is 11.8. The smallest absolute Gasteiger partial charge is 0.255 e. The number of aromatic hydroxyl groups is 2. The van der Waals surface area contributed by atoms with Crippen LogP contribution in [-0.4, -0.2) is 22.7 Å². The molecule has 4 heteroatoms. The molecule has 0 saturated carbocycles. The molecule has 0 aliphatic rings. The summed E-state index contributed by atoms with van der Waals surface area (Å²) in [5.41, 5.74) is 0.117. The molecule has 0 spiro atoms. The molecule has 19 heavy (non-hydrogen) atoms. The molecule has 0 aromatic heterocycles. The summed E-state index contributed by atoms with van der Waals surface area (Å²) >= 11 is 0. The van der Waals surface area contributed by atoms with Crippen LogP contribution in [0.3, 0.4) is 0 Å². The lowest BCUT2D eigenvalue weighted by Crippen LogP contribution is -2.24. The van der Waals surface area contributed by atoms with Gasteiger partial charge in [0.05, 0.1) is 5.56 Å². The Hall–Kier alpha value is -1.71. The number of carbonyl (C=O) groups excluding carboxylic acids is 1. The monoisotopic (exact) mass is 265 g/mol. The van der Waals surface area contributed by atoms with Gasteiger partial charge in [0.1, 0.15) is 11.5 Å². The van der Waals surface area contributed by atoms with Gasteiger partial charge >= 0.3 is 0 Å². The Kier molecular flexibility index (Phi) is 6.79. The number of amides is 1. The molecule has 4 nitrogen and oxygen atoms in total. The van der Waals surface area contributed by atoms with E-state index < -0.39 is 0 Å². The Morgan fingerprint density at radius 2 is 1.79 bits per heavy atom. The molecule has 1 amide bonds. The van der Waals surface area contributed by atoms with Crippen LogP contribution in [0.25, 0.3) is 0 Å². The van der Waals surface area contributed by atoms with E-state index in [-0.39, 0.29) is 23.0 Å². The molecule has 0 unspecified atom stereocenters. The van der Waals surface area contributed by atoms with Crippen molar-refractivity contribution >= 4 is 5.91 Å². The standard InChI is InChI=1S/C15H23NO3/c1-2-3-4-5-6-7-10-16-15(19)13-11-12(17)8-9-14(13)18/h8-9,11,17-18H,2-7,10H2,1H3,(H,16,19). The van der Waals surface area contributed by atoms with Crippen molar-refractivity contribution < 1.29 is 15.0 Å². The molecular formula is C15H23NO3. The molecule has 3 N–H and O–H groups in total. The van der Waals surface area contributed by atoms with Gasteiger partial charge in [-0.2, -0.15) is 0 Å². The fourth-order valence-corrected chi connectivity index (χ4v) is 1.91. The molecule has 0 aliphatic carbocycles. The van der Waals surface area contributed by atoms with Gasteiger partial charge in [0.25, 0.3) is 5.91 Å². The van der Waals surface area contributed by atoms with E-state index in [1.807, 2.05) is 0 Å². The zero-order valence-corrected chi connectivity index (χ0v) is 11.5. The lowest BCUT2D eigenvalue weighted by Gasteiger charge is -2.07. The van der Waals surface area contributed by atoms with E-state index in [0.717, 1.165) is 12.8 Å². The first-order chi connectivity index (χ1) is 9.15. The quantitative estimate of drug-likeness (QED) is 0.499. The molecule has 1 aromatic rings. The summed E-state index contributed by atoms with van der Waals surface area (Å²) in [6.45, 7) is 2.78. The van der Waals surface area contributed by atoms with Gasteiger partial charge in [-0.05, 0) is 24.6 Å². The Morgan fingerprint density at radius 1 is 1.11 bits per heavy atom. The first kappa shape index (κ1) is 15.3. The molecule has 0 atom stereocenters. The number of phenolic OH excluding ortho intramolecular Hbond substituents is 2. The highest BCUT2D eigenvalue weighted by molar-refractivity contribution is 5.97. The summed E-state index contributed by atoms with van der Waals surface area (Å²) in [5.74, 6) is -0.484. The number of nitrogens with one attached hydrogen (secondary N) is 1. The average Bonchev–Trinajstić information content (AvgIpc) is 2.40. The van der Waals surface area contributed by atoms with Gasteiger partial charge in [-0.1, -0.05) is 39.0 Å². The molecule has 0 fully saturated rings. The Labute approximate surface area is 114 Å². The van der Waals surface area contributed by atoms with E-state index >= 15 is 0 Å². The number of rotatable bonds is 8. The Balaban J connectivity index is 2.26. The third kappa shape index (κ3) is 5.64. The third-order valence-corrected chi connectivity index (χ3v) is 3.04. The highest BCUT2D eigenvalue weighted by Crippen LogP contribution is 2.21. The maximum absolute atomic E-state index is 11.8. The first-order valence-corrected chi connectivity index (χ1v) is 6.95. The molecule has 1 rings (SSSR count). The molecule has 0 heterocycles. The second-order valence-corrected chi connectivity index (χ2v) is 4.73. The van der Waals surface area contributed by atoms with Gasteiger partial charge in [0.2, 0.25) is 0 Å². The van der Waals surface area contributed by atoms with Gasteiger partial charge in [-0.15, -0.1) is 0 Å². The molecule has 1 aromatic carbocycles. The second-order valence-electron chi connectivity index (χ2n) is 4.73. The Morgan fingerprint density at radius 3 is 2.53 bits per heavy atom. The minimum atomic E-state index is -0.345. The average molecular weight is 265 g/mol. The number of unbranched alkanes of at least 4 members (excludes halogenated alkanes) is 5. The normalized spacial score (nSPS) is 10.4. The maximum Gasteiger partial charge on any atom is 0.255 e. The molecule has 0 aliphatic heterocycles. The summed E-state index contributed by atoms with van der Waals surface area (Å²) < 4.78 is 0. The zero-order chi connectivity index (χ0) is 14.1. The fourth-order valence-electron chi connectivity index (χ4n) is 1.91. The highest BCUT2D eigenvalue weighted by atomic mass is 16.3. The van der Waals surface area contributed by atoms with Crippen LogP contribution in [0, 0.1) is 0 Å². The first-order valence-electron chi connectivity index (χ1n) is 6.95. The summed E-state index contributed by atoms with van der Waals surface area (Å²) in [5, 5.41) is 21.6. The van der Waals surface area contributed by atoms with E-state index in [0.29, 0.717) is 6.54 Å². The largest absolute Gasteiger partial charge is 0.508 e. The zero-order valence-electron chi connectivity index (χ0n) is 11.5. The van der Waals surface area contributed by atoms with Gasteiger partial charge in [0.15, 0.2) is 0 Å². The number of phenols is 2. The number of carbonyl (C=O) groups is 1. The Bertz CT molecular complexity index is 404. The van der Waals surface area contributed by atoms with Crippen LogP contribution in [-0.2, 0) is 0 Å². The predicted octanol–water partition coefficient (Wildman–Crippen LogP) is 3.19. The molecule has 0 radical (unpaired) electrons. The lowest BCUT2D eigenvalue weighted by atomic mass is 10.1. The maximum atomic E-state index is 11.8. The summed E-state index contributed by atoms with van der Waals surface area (Å²) in [6, 6.07) is 3.93. The van der Waals surface area contributed by atoms with Crippen LogP contribution in [0.2, 0.25) is 0 Å². The van der Waals surface area contributed by atoms with E-state index in [9.17, 15) is 15.0 Å². The lowest BCUT2D eigenvalue weighted by molar-refractivity contribution is 0.0950. The van der Waals surface area contributed by atoms with Crippen LogP contribution in [0.1, 0.15) is 55.8 Å². The molecular weight excluding hydrogens is 242 g/mol. The number of hydrogen-bond acceptors (Lipinski definition) is 3. The van der Waals surface area contributed by atoms with Crippen molar-refractivity contribution in [2.45, 2.75) is 45.4 Å². The minimum Gasteiger partial charge on any atom is -0.508 e. The van der Waals surface area contributed by atoms with Gasteiger partial charge in [-0.3, -0.25) is 4.79 Å². The van der Waals surface area contributed by atoms with E-state index in [4.69, 9.17) is 0 Å². The van der Waals surface area contributed by atoms with Gasteiger partial charge in [0, 0.05) is 6.54 Å². The van der Waals surface area contributed by atoms with E-state index in [1.54, 1.807) is 0 Å². The van der Waals surface area contributed by atoms with Crippen molar-refractivity contribution in [3.05, 3.63) is 23.8 Å². The van der Waals surface area contributed by atoms with Crippen LogP contribution < -0.4 is 5.32 Å². The third-order valence-electron chi connectivity index (χ3n) is 3.04. The van der Waals surface area contributed by atoms with Crippen LogP contribution in [0.4, 0.5) is 0 Å². The van der Waals surface area contributed by atoms with Crippen LogP contribution >= 0.6 is 0 Å². The topological polar surface area (TPSA) is 69.6 Å². The minimum absolute atomic E-state index is 0.0254. The highest BCUT2D eigenvalue weighted by Gasteiger charge is 2.10. The SMILES string of the molecule is CCCCCCCCNC(=O)c1cc(O)ccc1O.